The van der Waals surface area contributed by atoms with Gasteiger partial charge in [-0.05, 0) is 49.9 Å². The SMILES string of the molecule is Cc1ccc(CCCNC(C)C)cc1C. The summed E-state index contributed by atoms with van der Waals surface area (Å²) in [5.41, 5.74) is 4.26. The van der Waals surface area contributed by atoms with Crippen LogP contribution >= 0.6 is 0 Å². The minimum atomic E-state index is 0.602. The topological polar surface area (TPSA) is 12.0 Å². The van der Waals surface area contributed by atoms with E-state index in [9.17, 15) is 0 Å². The molecule has 0 saturated carbocycles. The summed E-state index contributed by atoms with van der Waals surface area (Å²) in [6.07, 6.45) is 2.40. The van der Waals surface area contributed by atoms with Crippen molar-refractivity contribution in [2.45, 2.75) is 46.6 Å². The predicted molar refractivity (Wildman–Crippen MR) is 67.4 cm³/mol. The van der Waals surface area contributed by atoms with E-state index in [1.807, 2.05) is 0 Å². The van der Waals surface area contributed by atoms with Crippen LogP contribution in [0.2, 0.25) is 0 Å². The third-order valence-corrected chi connectivity index (χ3v) is 2.77. The fourth-order valence-electron chi connectivity index (χ4n) is 1.64. The Bertz CT molecular complexity index is 302. The van der Waals surface area contributed by atoms with Crippen LogP contribution in [-0.4, -0.2) is 12.6 Å². The van der Waals surface area contributed by atoms with Crippen molar-refractivity contribution in [1.82, 2.24) is 5.32 Å². The van der Waals surface area contributed by atoms with Gasteiger partial charge >= 0.3 is 0 Å². The van der Waals surface area contributed by atoms with Crippen molar-refractivity contribution in [3.05, 3.63) is 34.9 Å². The zero-order chi connectivity index (χ0) is 11.3. The smallest absolute Gasteiger partial charge is 0.00103 e. The van der Waals surface area contributed by atoms with Crippen molar-refractivity contribution in [1.29, 1.82) is 0 Å². The number of hydrogen-bond donors (Lipinski definition) is 1. The highest BCUT2D eigenvalue weighted by Crippen LogP contribution is 2.11. The summed E-state index contributed by atoms with van der Waals surface area (Å²) in [6, 6.07) is 7.38. The van der Waals surface area contributed by atoms with Crippen molar-refractivity contribution in [3.63, 3.8) is 0 Å². The summed E-state index contributed by atoms with van der Waals surface area (Å²) < 4.78 is 0. The molecule has 0 spiro atoms. The van der Waals surface area contributed by atoms with E-state index < -0.39 is 0 Å². The lowest BCUT2D eigenvalue weighted by Gasteiger charge is -2.08. The van der Waals surface area contributed by atoms with Crippen molar-refractivity contribution in [2.24, 2.45) is 0 Å². The van der Waals surface area contributed by atoms with Gasteiger partial charge in [-0.15, -0.1) is 0 Å². The van der Waals surface area contributed by atoms with Gasteiger partial charge in [-0.3, -0.25) is 0 Å². The highest BCUT2D eigenvalue weighted by Gasteiger charge is 1.97. The van der Waals surface area contributed by atoms with Crippen LogP contribution in [0.3, 0.4) is 0 Å². The molecule has 1 aromatic carbocycles. The zero-order valence-corrected chi connectivity index (χ0v) is 10.4. The summed E-state index contributed by atoms with van der Waals surface area (Å²) in [5.74, 6) is 0. The van der Waals surface area contributed by atoms with E-state index in [4.69, 9.17) is 0 Å². The molecule has 0 unspecified atom stereocenters. The van der Waals surface area contributed by atoms with Crippen LogP contribution < -0.4 is 5.32 Å². The van der Waals surface area contributed by atoms with E-state index in [1.165, 1.54) is 29.5 Å². The van der Waals surface area contributed by atoms with Gasteiger partial charge in [0.1, 0.15) is 0 Å². The van der Waals surface area contributed by atoms with Gasteiger partial charge in [0.2, 0.25) is 0 Å². The van der Waals surface area contributed by atoms with E-state index in [0.717, 1.165) is 6.54 Å². The molecule has 0 aliphatic heterocycles. The second-order valence-corrected chi connectivity index (χ2v) is 4.63. The minimum absolute atomic E-state index is 0.602. The van der Waals surface area contributed by atoms with Crippen LogP contribution in [0, 0.1) is 13.8 Å². The van der Waals surface area contributed by atoms with Crippen LogP contribution in [0.15, 0.2) is 18.2 Å². The Hall–Kier alpha value is -0.820. The molecule has 84 valence electrons. The number of hydrogen-bond acceptors (Lipinski definition) is 1. The van der Waals surface area contributed by atoms with E-state index in [1.54, 1.807) is 0 Å². The van der Waals surface area contributed by atoms with Gasteiger partial charge in [-0.1, -0.05) is 32.0 Å². The van der Waals surface area contributed by atoms with Gasteiger partial charge in [0.25, 0.3) is 0 Å². The molecule has 1 rings (SSSR count). The molecule has 0 bridgehead atoms. The molecule has 1 aromatic rings. The van der Waals surface area contributed by atoms with Crippen molar-refractivity contribution in [3.8, 4) is 0 Å². The molecule has 15 heavy (non-hydrogen) atoms. The van der Waals surface area contributed by atoms with Crippen molar-refractivity contribution < 1.29 is 0 Å². The number of nitrogens with one attached hydrogen (secondary N) is 1. The first-order valence-corrected chi connectivity index (χ1v) is 5.89. The Labute approximate surface area is 93.9 Å². The lowest BCUT2D eigenvalue weighted by atomic mass is 10.0. The molecule has 1 heteroatoms. The fraction of sp³-hybridized carbons (Fsp3) is 0.571. The lowest BCUT2D eigenvalue weighted by molar-refractivity contribution is 0.570. The van der Waals surface area contributed by atoms with Gasteiger partial charge in [0, 0.05) is 6.04 Å². The van der Waals surface area contributed by atoms with Crippen LogP contribution in [0.25, 0.3) is 0 Å². The first-order valence-electron chi connectivity index (χ1n) is 5.89. The Morgan fingerprint density at radius 2 is 1.87 bits per heavy atom. The van der Waals surface area contributed by atoms with Crippen LogP contribution in [0.1, 0.15) is 37.0 Å². The summed E-state index contributed by atoms with van der Waals surface area (Å²) in [7, 11) is 0. The monoisotopic (exact) mass is 205 g/mol. The van der Waals surface area contributed by atoms with Gasteiger partial charge in [-0.2, -0.15) is 0 Å². The summed E-state index contributed by atoms with van der Waals surface area (Å²) in [5, 5.41) is 3.44. The maximum absolute atomic E-state index is 3.44. The van der Waals surface area contributed by atoms with Gasteiger partial charge in [0.05, 0.1) is 0 Å². The van der Waals surface area contributed by atoms with Gasteiger partial charge in [0.15, 0.2) is 0 Å². The third-order valence-electron chi connectivity index (χ3n) is 2.77. The minimum Gasteiger partial charge on any atom is -0.315 e. The van der Waals surface area contributed by atoms with E-state index in [0.29, 0.717) is 6.04 Å². The molecule has 0 saturated heterocycles. The zero-order valence-electron chi connectivity index (χ0n) is 10.4. The van der Waals surface area contributed by atoms with Crippen molar-refractivity contribution in [2.75, 3.05) is 6.54 Å². The molecule has 1 nitrogen and oxygen atoms in total. The van der Waals surface area contributed by atoms with E-state index >= 15 is 0 Å². The van der Waals surface area contributed by atoms with E-state index in [-0.39, 0.29) is 0 Å². The Morgan fingerprint density at radius 3 is 2.47 bits per heavy atom. The maximum Gasteiger partial charge on any atom is 0.00103 e. The normalized spacial score (nSPS) is 11.0. The second-order valence-electron chi connectivity index (χ2n) is 4.63. The molecule has 0 aliphatic rings. The highest BCUT2D eigenvalue weighted by atomic mass is 14.9. The molecular formula is C14H23N. The Balaban J connectivity index is 2.35. The first-order chi connectivity index (χ1) is 7.09. The molecule has 1 N–H and O–H groups in total. The summed E-state index contributed by atoms with van der Waals surface area (Å²) in [4.78, 5) is 0. The van der Waals surface area contributed by atoms with E-state index in [2.05, 4.69) is 51.2 Å². The van der Waals surface area contributed by atoms with Gasteiger partial charge in [-0.25, -0.2) is 0 Å². The third kappa shape index (κ3) is 4.48. The number of rotatable bonds is 5. The van der Waals surface area contributed by atoms with Crippen LogP contribution in [0.5, 0.6) is 0 Å². The molecular weight excluding hydrogens is 182 g/mol. The largest absolute Gasteiger partial charge is 0.315 e. The van der Waals surface area contributed by atoms with Gasteiger partial charge < -0.3 is 5.32 Å². The molecule has 0 fully saturated rings. The average Bonchev–Trinajstić information content (AvgIpc) is 2.18. The molecule has 0 aliphatic carbocycles. The summed E-state index contributed by atoms with van der Waals surface area (Å²) >= 11 is 0. The first kappa shape index (κ1) is 12.3. The van der Waals surface area contributed by atoms with Crippen molar-refractivity contribution >= 4 is 0 Å². The molecule has 0 aromatic heterocycles. The van der Waals surface area contributed by atoms with Crippen LogP contribution in [0.4, 0.5) is 0 Å². The molecule has 0 amide bonds. The Kier molecular flexibility index (Phi) is 4.83. The quantitative estimate of drug-likeness (QED) is 0.728. The number of benzene rings is 1. The standard InChI is InChI=1S/C14H23N/c1-11(2)15-9-5-6-14-8-7-12(3)13(4)10-14/h7-8,10-11,15H,5-6,9H2,1-4H3. The molecule has 0 heterocycles. The Morgan fingerprint density at radius 1 is 1.13 bits per heavy atom. The maximum atomic E-state index is 3.44. The summed E-state index contributed by atoms with van der Waals surface area (Å²) in [6.45, 7) is 9.85. The second kappa shape index (κ2) is 5.92. The average molecular weight is 205 g/mol. The predicted octanol–water partition coefficient (Wildman–Crippen LogP) is 3.23. The van der Waals surface area contributed by atoms with Crippen LogP contribution in [-0.2, 0) is 6.42 Å². The molecule has 0 atom stereocenters. The number of aryl methyl sites for hydroxylation is 3. The molecule has 0 radical (unpaired) electrons. The lowest BCUT2D eigenvalue weighted by Crippen LogP contribution is -2.23. The highest BCUT2D eigenvalue weighted by molar-refractivity contribution is 5.29. The fourth-order valence-corrected chi connectivity index (χ4v) is 1.64.